The number of H-pyrrole nitrogens is 1. The molecule has 1 heterocycles. The zero-order chi connectivity index (χ0) is 22.1. The Morgan fingerprint density at radius 1 is 0.935 bits per heavy atom. The average molecular weight is 425 g/mol. The molecule has 0 saturated carbocycles. The fraction of sp³-hybridized carbons (Fsp3) is 0.375. The average Bonchev–Trinajstić information content (AvgIpc) is 3.26. The summed E-state index contributed by atoms with van der Waals surface area (Å²) in [6.07, 6.45) is 1.15. The van der Waals surface area contributed by atoms with Crippen molar-refractivity contribution in [3.8, 4) is 11.5 Å². The first-order valence-corrected chi connectivity index (χ1v) is 10.4. The Morgan fingerprint density at radius 3 is 2.42 bits per heavy atom. The number of aromatic nitrogens is 2. The molecule has 0 fully saturated rings. The molecule has 2 aromatic carbocycles. The normalized spacial score (nSPS) is 12.3. The molecule has 0 aliphatic carbocycles. The number of hydrogen-bond donors (Lipinski definition) is 2. The Morgan fingerprint density at radius 2 is 1.71 bits per heavy atom. The third kappa shape index (κ3) is 7.40. The Kier molecular flexibility index (Phi) is 8.46. The van der Waals surface area contributed by atoms with Crippen LogP contribution in [0.25, 0.3) is 0 Å². The topological polar surface area (TPSA) is 73.8 Å². The molecule has 0 spiro atoms. The number of likely N-dealkylation sites (N-methyl/N-ethyl adjacent to an activating group) is 1. The lowest BCUT2D eigenvalue weighted by Gasteiger charge is -2.22. The summed E-state index contributed by atoms with van der Waals surface area (Å²) in [6.45, 7) is 3.02. The van der Waals surface area contributed by atoms with Crippen LogP contribution in [0.4, 0.5) is 0 Å². The van der Waals surface area contributed by atoms with E-state index in [2.05, 4.69) is 39.2 Å². The quantitative estimate of drug-likeness (QED) is 0.466. The van der Waals surface area contributed by atoms with Crippen molar-refractivity contribution >= 4 is 0 Å². The second-order valence-electron chi connectivity index (χ2n) is 7.89. The molecule has 2 N–H and O–H groups in total. The van der Waals surface area contributed by atoms with Gasteiger partial charge in [-0.15, -0.1) is 0 Å². The molecule has 0 unspecified atom stereocenters. The highest BCUT2D eigenvalue weighted by molar-refractivity contribution is 5.43. The highest BCUT2D eigenvalue weighted by atomic mass is 16.5. The van der Waals surface area contributed by atoms with E-state index in [1.54, 1.807) is 13.3 Å². The SMILES string of the molecule is COc1ccc(CN(C)Cc2ccn[nH]2)cc1OC[C@@H](O)CN(C)Cc1ccccc1. The van der Waals surface area contributed by atoms with Gasteiger partial charge in [-0.1, -0.05) is 36.4 Å². The van der Waals surface area contributed by atoms with Gasteiger partial charge in [-0.05, 0) is 43.4 Å². The Bertz CT molecular complexity index is 902. The number of aliphatic hydroxyl groups is 1. The Labute approximate surface area is 184 Å². The second kappa shape index (κ2) is 11.5. The van der Waals surface area contributed by atoms with Crippen molar-refractivity contribution in [3.63, 3.8) is 0 Å². The van der Waals surface area contributed by atoms with Crippen LogP contribution in [-0.4, -0.2) is 65.6 Å². The number of nitrogens with one attached hydrogen (secondary N) is 1. The van der Waals surface area contributed by atoms with Gasteiger partial charge in [0.25, 0.3) is 0 Å². The Balaban J connectivity index is 1.52. The maximum absolute atomic E-state index is 10.5. The van der Waals surface area contributed by atoms with Gasteiger partial charge in [0.15, 0.2) is 11.5 Å². The van der Waals surface area contributed by atoms with Crippen LogP contribution in [0.3, 0.4) is 0 Å². The third-order valence-electron chi connectivity index (χ3n) is 4.93. The Hall–Kier alpha value is -2.87. The highest BCUT2D eigenvalue weighted by Crippen LogP contribution is 2.28. The van der Waals surface area contributed by atoms with Crippen LogP contribution in [0.15, 0.2) is 60.8 Å². The molecule has 7 heteroatoms. The number of methoxy groups -OCH3 is 1. The first-order valence-electron chi connectivity index (χ1n) is 10.4. The number of aliphatic hydroxyl groups excluding tert-OH is 1. The summed E-state index contributed by atoms with van der Waals surface area (Å²) >= 11 is 0. The van der Waals surface area contributed by atoms with Crippen molar-refractivity contribution < 1.29 is 14.6 Å². The van der Waals surface area contributed by atoms with E-state index in [9.17, 15) is 5.11 Å². The van der Waals surface area contributed by atoms with E-state index in [1.807, 2.05) is 49.5 Å². The molecular weight excluding hydrogens is 392 g/mol. The highest BCUT2D eigenvalue weighted by Gasteiger charge is 2.13. The van der Waals surface area contributed by atoms with Gasteiger partial charge in [-0.3, -0.25) is 14.9 Å². The molecule has 1 atom stereocenters. The van der Waals surface area contributed by atoms with Gasteiger partial charge in [0.2, 0.25) is 0 Å². The van der Waals surface area contributed by atoms with Crippen LogP contribution >= 0.6 is 0 Å². The summed E-state index contributed by atoms with van der Waals surface area (Å²) in [5, 5.41) is 17.4. The van der Waals surface area contributed by atoms with Crippen LogP contribution in [-0.2, 0) is 19.6 Å². The predicted octanol–water partition coefficient (Wildman–Crippen LogP) is 2.92. The summed E-state index contributed by atoms with van der Waals surface area (Å²) in [5.41, 5.74) is 3.38. The molecule has 31 heavy (non-hydrogen) atoms. The number of nitrogens with zero attached hydrogens (tertiary/aromatic N) is 3. The first kappa shape index (κ1) is 22.8. The second-order valence-corrected chi connectivity index (χ2v) is 7.89. The summed E-state index contributed by atoms with van der Waals surface area (Å²) in [7, 11) is 5.67. The van der Waals surface area contributed by atoms with Crippen molar-refractivity contribution in [2.24, 2.45) is 0 Å². The third-order valence-corrected chi connectivity index (χ3v) is 4.93. The molecule has 0 aliphatic rings. The van der Waals surface area contributed by atoms with Gasteiger partial charge in [-0.25, -0.2) is 0 Å². The van der Waals surface area contributed by atoms with Crippen LogP contribution < -0.4 is 9.47 Å². The lowest BCUT2D eigenvalue weighted by molar-refractivity contribution is 0.0732. The minimum atomic E-state index is -0.606. The van der Waals surface area contributed by atoms with E-state index in [0.29, 0.717) is 18.0 Å². The summed E-state index contributed by atoms with van der Waals surface area (Å²) in [5.74, 6) is 1.30. The van der Waals surface area contributed by atoms with E-state index < -0.39 is 6.10 Å². The zero-order valence-electron chi connectivity index (χ0n) is 18.5. The fourth-order valence-corrected chi connectivity index (χ4v) is 3.52. The van der Waals surface area contributed by atoms with Crippen LogP contribution in [0.1, 0.15) is 16.8 Å². The molecule has 166 valence electrons. The summed E-state index contributed by atoms with van der Waals surface area (Å²) in [6, 6.07) is 18.1. The van der Waals surface area contributed by atoms with Crippen LogP contribution in [0.2, 0.25) is 0 Å². The van der Waals surface area contributed by atoms with Crippen molar-refractivity contribution in [2.45, 2.75) is 25.7 Å². The molecule has 0 radical (unpaired) electrons. The van der Waals surface area contributed by atoms with E-state index in [-0.39, 0.29) is 6.61 Å². The standard InChI is InChI=1S/C24H32N4O3/c1-27(16-21-11-12-25-26-21)15-20-9-10-23(30-3)24(13-20)31-18-22(29)17-28(2)14-19-7-5-4-6-8-19/h4-13,22,29H,14-18H2,1-3H3,(H,25,26)/t22-/m0/s1. The first-order chi connectivity index (χ1) is 15.0. The van der Waals surface area contributed by atoms with E-state index in [4.69, 9.17) is 9.47 Å². The van der Waals surface area contributed by atoms with Gasteiger partial charge >= 0.3 is 0 Å². The summed E-state index contributed by atoms with van der Waals surface area (Å²) < 4.78 is 11.4. The van der Waals surface area contributed by atoms with Crippen molar-refractivity contribution in [1.82, 2.24) is 20.0 Å². The van der Waals surface area contributed by atoms with Gasteiger partial charge in [0, 0.05) is 38.1 Å². The molecule has 7 nitrogen and oxygen atoms in total. The van der Waals surface area contributed by atoms with Crippen molar-refractivity contribution in [3.05, 3.63) is 77.6 Å². The number of ether oxygens (including phenoxy) is 2. The van der Waals surface area contributed by atoms with E-state index >= 15 is 0 Å². The van der Waals surface area contributed by atoms with Crippen molar-refractivity contribution in [2.75, 3.05) is 34.4 Å². The smallest absolute Gasteiger partial charge is 0.161 e. The van der Waals surface area contributed by atoms with E-state index in [0.717, 1.165) is 30.9 Å². The van der Waals surface area contributed by atoms with Gasteiger partial charge < -0.3 is 14.6 Å². The predicted molar refractivity (Wildman–Crippen MR) is 121 cm³/mol. The molecule has 0 bridgehead atoms. The number of benzene rings is 2. The maximum atomic E-state index is 10.5. The van der Waals surface area contributed by atoms with Crippen LogP contribution in [0.5, 0.6) is 11.5 Å². The van der Waals surface area contributed by atoms with Crippen molar-refractivity contribution in [1.29, 1.82) is 0 Å². The molecule has 0 amide bonds. The van der Waals surface area contributed by atoms with Gasteiger partial charge in [0.1, 0.15) is 12.7 Å². The minimum absolute atomic E-state index is 0.197. The molecule has 0 saturated heterocycles. The zero-order valence-corrected chi connectivity index (χ0v) is 18.5. The summed E-state index contributed by atoms with van der Waals surface area (Å²) in [4.78, 5) is 4.27. The fourth-order valence-electron chi connectivity index (χ4n) is 3.52. The van der Waals surface area contributed by atoms with E-state index in [1.165, 1.54) is 5.56 Å². The number of rotatable bonds is 12. The maximum Gasteiger partial charge on any atom is 0.161 e. The largest absolute Gasteiger partial charge is 0.493 e. The molecule has 3 rings (SSSR count). The monoisotopic (exact) mass is 424 g/mol. The number of hydrogen-bond acceptors (Lipinski definition) is 6. The molecule has 1 aromatic heterocycles. The number of aromatic amines is 1. The lowest BCUT2D eigenvalue weighted by atomic mass is 10.2. The van der Waals surface area contributed by atoms with Crippen LogP contribution in [0, 0.1) is 0 Å². The molecule has 0 aliphatic heterocycles. The molecular formula is C24H32N4O3. The lowest BCUT2D eigenvalue weighted by Crippen LogP contribution is -2.32. The van der Waals surface area contributed by atoms with Gasteiger partial charge in [0.05, 0.1) is 7.11 Å². The van der Waals surface area contributed by atoms with Gasteiger partial charge in [-0.2, -0.15) is 5.10 Å². The minimum Gasteiger partial charge on any atom is -0.493 e. The molecule has 3 aromatic rings.